The van der Waals surface area contributed by atoms with Crippen LogP contribution in [0.25, 0.3) is 0 Å². The summed E-state index contributed by atoms with van der Waals surface area (Å²) in [5.74, 6) is -2.45. The van der Waals surface area contributed by atoms with E-state index >= 15 is 0 Å². The van der Waals surface area contributed by atoms with E-state index in [-0.39, 0.29) is 5.69 Å². The van der Waals surface area contributed by atoms with Crippen LogP contribution in [0, 0.1) is 0 Å². The third-order valence-corrected chi connectivity index (χ3v) is 2.78. The van der Waals surface area contributed by atoms with Gasteiger partial charge in [0.15, 0.2) is 0 Å². The number of hydrogen-bond donors (Lipinski definition) is 2. The van der Waals surface area contributed by atoms with Gasteiger partial charge in [0.1, 0.15) is 11.5 Å². The van der Waals surface area contributed by atoms with Crippen LogP contribution in [0.15, 0.2) is 12.1 Å². The minimum Gasteiger partial charge on any atom is -0.370 e. The number of pyridine rings is 1. The number of aryl methyl sites for hydroxylation is 1. The van der Waals surface area contributed by atoms with Crippen LogP contribution in [0.1, 0.15) is 24.1 Å². The lowest BCUT2D eigenvalue weighted by Gasteiger charge is -2.15. The normalized spacial score (nSPS) is 16.2. The molecule has 0 aliphatic carbocycles. The van der Waals surface area contributed by atoms with Gasteiger partial charge in [-0.05, 0) is 30.9 Å². The number of nitrogens with zero attached hydrogens (tertiary/aromatic N) is 1. The highest BCUT2D eigenvalue weighted by Gasteiger charge is 2.32. The zero-order chi connectivity index (χ0) is 11.6. The second kappa shape index (κ2) is 4.33. The maximum atomic E-state index is 13.3. The van der Waals surface area contributed by atoms with Gasteiger partial charge in [-0.25, -0.2) is 4.98 Å². The lowest BCUT2D eigenvalue weighted by molar-refractivity contribution is 0.00150. The van der Waals surface area contributed by atoms with Crippen LogP contribution < -0.4 is 11.1 Å². The van der Waals surface area contributed by atoms with Crippen LogP contribution in [0.5, 0.6) is 0 Å². The van der Waals surface area contributed by atoms with E-state index in [1.165, 1.54) is 6.07 Å². The fourth-order valence-electron chi connectivity index (χ4n) is 1.80. The summed E-state index contributed by atoms with van der Waals surface area (Å²) in [5, 5.41) is 3.08. The molecule has 0 saturated heterocycles. The molecule has 0 atom stereocenters. The van der Waals surface area contributed by atoms with E-state index in [9.17, 15) is 8.78 Å². The molecule has 1 aliphatic rings. The minimum absolute atomic E-state index is 0.247. The summed E-state index contributed by atoms with van der Waals surface area (Å²) in [5.41, 5.74) is 5.80. The Morgan fingerprint density at radius 2 is 2.19 bits per heavy atom. The van der Waals surface area contributed by atoms with Gasteiger partial charge in [-0.2, -0.15) is 8.78 Å². The summed E-state index contributed by atoms with van der Waals surface area (Å²) in [4.78, 5) is 3.97. The molecule has 1 aromatic heterocycles. The van der Waals surface area contributed by atoms with Crippen molar-refractivity contribution < 1.29 is 8.78 Å². The molecular weight excluding hydrogens is 212 g/mol. The van der Waals surface area contributed by atoms with E-state index in [1.54, 1.807) is 6.07 Å². The van der Waals surface area contributed by atoms with Gasteiger partial charge in [0.25, 0.3) is 0 Å². The van der Waals surface area contributed by atoms with Gasteiger partial charge in [-0.3, -0.25) is 0 Å². The molecule has 3 N–H and O–H groups in total. The third kappa shape index (κ3) is 2.14. The zero-order valence-corrected chi connectivity index (χ0v) is 8.97. The van der Waals surface area contributed by atoms with Gasteiger partial charge in [-0.15, -0.1) is 0 Å². The van der Waals surface area contributed by atoms with Crippen LogP contribution in [-0.4, -0.2) is 18.1 Å². The van der Waals surface area contributed by atoms with Crippen molar-refractivity contribution in [3.8, 4) is 0 Å². The van der Waals surface area contributed by atoms with Gasteiger partial charge < -0.3 is 11.1 Å². The third-order valence-electron chi connectivity index (χ3n) is 2.78. The van der Waals surface area contributed by atoms with Gasteiger partial charge in [-0.1, -0.05) is 6.07 Å². The van der Waals surface area contributed by atoms with Gasteiger partial charge in [0.2, 0.25) is 0 Å². The maximum absolute atomic E-state index is 13.3. The van der Waals surface area contributed by atoms with Crippen molar-refractivity contribution in [2.75, 3.05) is 18.4 Å². The largest absolute Gasteiger partial charge is 0.370 e. The van der Waals surface area contributed by atoms with Gasteiger partial charge in [0, 0.05) is 6.54 Å². The first-order valence-corrected chi connectivity index (χ1v) is 5.45. The van der Waals surface area contributed by atoms with Gasteiger partial charge >= 0.3 is 5.92 Å². The van der Waals surface area contributed by atoms with E-state index in [0.29, 0.717) is 5.82 Å². The standard InChI is InChI=1S/C11H15F2N3/c12-11(13,7-14)9-5-4-8-3-1-2-6-15-10(8)16-9/h4-5H,1-3,6-7,14H2,(H,15,16). The number of nitrogens with two attached hydrogens (primary N) is 1. The number of rotatable bonds is 2. The lowest BCUT2D eigenvalue weighted by atomic mass is 10.1. The minimum atomic E-state index is -3.04. The first-order valence-electron chi connectivity index (χ1n) is 5.45. The highest BCUT2D eigenvalue weighted by Crippen LogP contribution is 2.28. The molecule has 0 spiro atoms. The molecule has 0 saturated carbocycles. The monoisotopic (exact) mass is 227 g/mol. The molecule has 2 rings (SSSR count). The SMILES string of the molecule is NCC(F)(F)c1ccc2c(n1)NCCCC2. The highest BCUT2D eigenvalue weighted by atomic mass is 19.3. The second-order valence-electron chi connectivity index (χ2n) is 4.00. The van der Waals surface area contributed by atoms with Crippen LogP contribution in [0.3, 0.4) is 0 Å². The molecule has 1 aliphatic heterocycles. The molecule has 2 heterocycles. The predicted molar refractivity (Wildman–Crippen MR) is 58.6 cm³/mol. The zero-order valence-electron chi connectivity index (χ0n) is 8.97. The van der Waals surface area contributed by atoms with Crippen molar-refractivity contribution in [2.24, 2.45) is 5.73 Å². The molecule has 3 nitrogen and oxygen atoms in total. The summed E-state index contributed by atoms with van der Waals surface area (Å²) in [6, 6.07) is 3.10. The first-order chi connectivity index (χ1) is 7.63. The molecular formula is C11H15F2N3. The predicted octanol–water partition coefficient (Wildman–Crippen LogP) is 1.88. The molecule has 0 fully saturated rings. The van der Waals surface area contributed by atoms with Crippen LogP contribution in [0.4, 0.5) is 14.6 Å². The molecule has 16 heavy (non-hydrogen) atoms. The summed E-state index contributed by atoms with van der Waals surface area (Å²) >= 11 is 0. The Bertz CT molecular complexity index is 379. The summed E-state index contributed by atoms with van der Waals surface area (Å²) in [6.45, 7) is 0.0798. The lowest BCUT2D eigenvalue weighted by Crippen LogP contribution is -2.26. The summed E-state index contributed by atoms with van der Waals surface area (Å²) < 4.78 is 26.7. The van der Waals surface area contributed by atoms with Crippen molar-refractivity contribution in [3.63, 3.8) is 0 Å². The highest BCUT2D eigenvalue weighted by molar-refractivity contribution is 5.46. The van der Waals surface area contributed by atoms with Crippen molar-refractivity contribution in [1.82, 2.24) is 4.98 Å². The molecule has 0 radical (unpaired) electrons. The molecule has 88 valence electrons. The number of fused-ring (bicyclic) bond motifs is 1. The fraction of sp³-hybridized carbons (Fsp3) is 0.545. The Balaban J connectivity index is 2.34. The Morgan fingerprint density at radius 1 is 1.38 bits per heavy atom. The van der Waals surface area contributed by atoms with E-state index in [2.05, 4.69) is 10.3 Å². The average Bonchev–Trinajstić information content (AvgIpc) is 2.53. The fourth-order valence-corrected chi connectivity index (χ4v) is 1.80. The molecule has 0 unspecified atom stereocenters. The number of anilines is 1. The van der Waals surface area contributed by atoms with E-state index < -0.39 is 12.5 Å². The quantitative estimate of drug-likeness (QED) is 0.811. The van der Waals surface area contributed by atoms with Crippen molar-refractivity contribution in [3.05, 3.63) is 23.4 Å². The van der Waals surface area contributed by atoms with Crippen molar-refractivity contribution >= 4 is 5.82 Å². The van der Waals surface area contributed by atoms with E-state index in [4.69, 9.17) is 5.73 Å². The Hall–Kier alpha value is -1.23. The van der Waals surface area contributed by atoms with E-state index in [1.807, 2.05) is 0 Å². The molecule has 5 heteroatoms. The Morgan fingerprint density at radius 3 is 2.94 bits per heavy atom. The first kappa shape index (κ1) is 11.3. The topological polar surface area (TPSA) is 50.9 Å². The summed E-state index contributed by atoms with van der Waals surface area (Å²) in [6.07, 6.45) is 3.00. The van der Waals surface area contributed by atoms with Crippen LogP contribution in [0.2, 0.25) is 0 Å². The Kier molecular flexibility index (Phi) is 3.05. The Labute approximate surface area is 93.1 Å². The number of hydrogen-bond acceptors (Lipinski definition) is 3. The van der Waals surface area contributed by atoms with Crippen LogP contribution in [-0.2, 0) is 12.3 Å². The van der Waals surface area contributed by atoms with Crippen LogP contribution >= 0.6 is 0 Å². The van der Waals surface area contributed by atoms with Crippen molar-refractivity contribution in [1.29, 1.82) is 0 Å². The number of nitrogens with one attached hydrogen (secondary N) is 1. The molecule has 0 amide bonds. The maximum Gasteiger partial charge on any atom is 0.301 e. The number of aromatic nitrogens is 1. The van der Waals surface area contributed by atoms with Gasteiger partial charge in [0.05, 0.1) is 6.54 Å². The molecule has 0 aromatic carbocycles. The van der Waals surface area contributed by atoms with E-state index in [0.717, 1.165) is 31.4 Å². The summed E-state index contributed by atoms with van der Waals surface area (Å²) in [7, 11) is 0. The molecule has 0 bridgehead atoms. The number of halogens is 2. The molecule has 1 aromatic rings. The number of alkyl halides is 2. The van der Waals surface area contributed by atoms with Crippen molar-refractivity contribution in [2.45, 2.75) is 25.2 Å². The second-order valence-corrected chi connectivity index (χ2v) is 4.00. The average molecular weight is 227 g/mol. The smallest absolute Gasteiger partial charge is 0.301 e.